The van der Waals surface area contributed by atoms with Crippen molar-refractivity contribution in [1.29, 1.82) is 0 Å². The Labute approximate surface area is 124 Å². The van der Waals surface area contributed by atoms with E-state index in [0.717, 1.165) is 4.57 Å². The summed E-state index contributed by atoms with van der Waals surface area (Å²) in [4.78, 5) is 3.92. The third-order valence-corrected chi connectivity index (χ3v) is 3.45. The smallest absolute Gasteiger partial charge is 0.206 e. The Morgan fingerprint density at radius 3 is 2.24 bits per heavy atom. The van der Waals surface area contributed by atoms with E-state index in [4.69, 9.17) is 5.73 Å². The highest BCUT2D eigenvalue weighted by Gasteiger charge is 2.24. The molecule has 21 heavy (non-hydrogen) atoms. The van der Waals surface area contributed by atoms with Crippen LogP contribution in [0.15, 0.2) is 28.7 Å². The number of anilines is 1. The molecule has 3 rings (SSSR count). The first kappa shape index (κ1) is 13.9. The van der Waals surface area contributed by atoms with Crippen LogP contribution in [0.1, 0.15) is 0 Å². The number of rotatable bonds is 1. The van der Waals surface area contributed by atoms with Crippen LogP contribution >= 0.6 is 15.9 Å². The predicted octanol–water partition coefficient (Wildman–Crippen LogP) is 3.93. The van der Waals surface area contributed by atoms with E-state index in [0.29, 0.717) is 9.99 Å². The maximum absolute atomic E-state index is 13.9. The number of nitrogens with two attached hydrogens (primary N) is 1. The van der Waals surface area contributed by atoms with Gasteiger partial charge in [-0.15, -0.1) is 0 Å². The maximum atomic E-state index is 13.9. The van der Waals surface area contributed by atoms with Crippen LogP contribution < -0.4 is 5.73 Å². The molecule has 0 aliphatic rings. The second-order valence-electron chi connectivity index (χ2n) is 4.26. The zero-order valence-electron chi connectivity index (χ0n) is 10.2. The van der Waals surface area contributed by atoms with Crippen LogP contribution in [0, 0.1) is 23.3 Å². The van der Waals surface area contributed by atoms with Crippen molar-refractivity contribution in [1.82, 2.24) is 9.55 Å². The Hall–Kier alpha value is -2.09. The van der Waals surface area contributed by atoms with Crippen LogP contribution in [-0.4, -0.2) is 9.55 Å². The number of hydrogen-bond acceptors (Lipinski definition) is 2. The molecule has 0 saturated heterocycles. The Morgan fingerprint density at radius 2 is 1.62 bits per heavy atom. The molecule has 108 valence electrons. The van der Waals surface area contributed by atoms with Crippen LogP contribution in [0.25, 0.3) is 16.7 Å². The number of imidazole rings is 1. The van der Waals surface area contributed by atoms with Crippen molar-refractivity contribution in [2.45, 2.75) is 0 Å². The molecule has 1 aromatic heterocycles. The van der Waals surface area contributed by atoms with Gasteiger partial charge in [-0.2, -0.15) is 0 Å². The molecule has 0 fully saturated rings. The average Bonchev–Trinajstić information content (AvgIpc) is 2.73. The van der Waals surface area contributed by atoms with E-state index >= 15 is 0 Å². The zero-order chi connectivity index (χ0) is 15.3. The van der Waals surface area contributed by atoms with Gasteiger partial charge < -0.3 is 5.73 Å². The van der Waals surface area contributed by atoms with E-state index in [2.05, 4.69) is 20.9 Å². The lowest BCUT2D eigenvalue weighted by Crippen LogP contribution is -2.09. The number of benzene rings is 2. The van der Waals surface area contributed by atoms with Gasteiger partial charge in [-0.25, -0.2) is 22.5 Å². The maximum Gasteiger partial charge on any atom is 0.206 e. The topological polar surface area (TPSA) is 43.8 Å². The number of aromatic nitrogens is 2. The van der Waals surface area contributed by atoms with Gasteiger partial charge in [-0.3, -0.25) is 4.57 Å². The summed E-state index contributed by atoms with van der Waals surface area (Å²) in [6, 6.07) is 4.77. The van der Waals surface area contributed by atoms with E-state index < -0.39 is 29.0 Å². The minimum atomic E-state index is -1.54. The first-order valence-corrected chi connectivity index (χ1v) is 6.46. The fraction of sp³-hybridized carbons (Fsp3) is 0. The zero-order valence-corrected chi connectivity index (χ0v) is 11.8. The van der Waals surface area contributed by atoms with Crippen molar-refractivity contribution >= 4 is 32.9 Å². The van der Waals surface area contributed by atoms with Crippen molar-refractivity contribution in [3.8, 4) is 5.69 Å². The summed E-state index contributed by atoms with van der Waals surface area (Å²) in [5, 5.41) is 0. The highest BCUT2D eigenvalue weighted by molar-refractivity contribution is 9.10. The third-order valence-electron chi connectivity index (χ3n) is 2.95. The second kappa shape index (κ2) is 4.73. The van der Waals surface area contributed by atoms with Crippen LogP contribution in [0.4, 0.5) is 23.5 Å². The molecule has 2 aromatic carbocycles. The van der Waals surface area contributed by atoms with E-state index in [1.54, 1.807) is 12.1 Å². The highest BCUT2D eigenvalue weighted by atomic mass is 79.9. The van der Waals surface area contributed by atoms with Crippen LogP contribution in [-0.2, 0) is 0 Å². The first-order chi connectivity index (χ1) is 9.90. The summed E-state index contributed by atoms with van der Waals surface area (Å²) in [5.74, 6) is -6.39. The SMILES string of the molecule is Nc1nc2cc(Br)ccc2n1-c1c(F)c(F)cc(F)c1F. The quantitative estimate of drug-likeness (QED) is 0.528. The molecular formula is C13H6BrF4N3. The Bertz CT molecular complexity index is 849. The molecule has 0 unspecified atom stereocenters. The fourth-order valence-electron chi connectivity index (χ4n) is 2.06. The largest absolute Gasteiger partial charge is 0.369 e. The molecule has 0 spiro atoms. The summed E-state index contributed by atoms with van der Waals surface area (Å²) in [5.41, 5.74) is 5.24. The molecule has 0 aliphatic carbocycles. The normalized spacial score (nSPS) is 11.3. The highest BCUT2D eigenvalue weighted by Crippen LogP contribution is 2.30. The van der Waals surface area contributed by atoms with Gasteiger partial charge in [-0.05, 0) is 18.2 Å². The summed E-state index contributed by atoms with van der Waals surface area (Å²) >= 11 is 3.22. The van der Waals surface area contributed by atoms with Crippen LogP contribution in [0.3, 0.4) is 0 Å². The van der Waals surface area contributed by atoms with Gasteiger partial charge in [0.05, 0.1) is 11.0 Å². The van der Waals surface area contributed by atoms with Crippen molar-refractivity contribution in [2.75, 3.05) is 5.73 Å². The van der Waals surface area contributed by atoms with E-state index in [1.165, 1.54) is 6.07 Å². The summed E-state index contributed by atoms with van der Waals surface area (Å²) in [7, 11) is 0. The van der Waals surface area contributed by atoms with Gasteiger partial charge in [-0.1, -0.05) is 15.9 Å². The number of nitrogen functional groups attached to an aromatic ring is 1. The summed E-state index contributed by atoms with van der Waals surface area (Å²) < 4.78 is 56.0. The molecule has 0 radical (unpaired) electrons. The van der Waals surface area contributed by atoms with Crippen LogP contribution in [0.5, 0.6) is 0 Å². The number of halogens is 5. The Kier molecular flexibility index (Phi) is 3.12. The van der Waals surface area contributed by atoms with E-state index in [-0.39, 0.29) is 17.5 Å². The molecule has 0 saturated carbocycles. The molecule has 0 atom stereocenters. The molecule has 0 aliphatic heterocycles. The molecular weight excluding hydrogens is 354 g/mol. The number of fused-ring (bicyclic) bond motifs is 1. The van der Waals surface area contributed by atoms with Crippen molar-refractivity contribution in [3.05, 3.63) is 52.0 Å². The average molecular weight is 360 g/mol. The number of nitrogens with zero attached hydrogens (tertiary/aromatic N) is 2. The van der Waals surface area contributed by atoms with Gasteiger partial charge in [0, 0.05) is 10.5 Å². The fourth-order valence-corrected chi connectivity index (χ4v) is 2.41. The lowest BCUT2D eigenvalue weighted by molar-refractivity contribution is 0.449. The summed E-state index contributed by atoms with van der Waals surface area (Å²) in [6.45, 7) is 0. The Morgan fingerprint density at radius 1 is 1.00 bits per heavy atom. The van der Waals surface area contributed by atoms with Crippen molar-refractivity contribution in [3.63, 3.8) is 0 Å². The Balaban J connectivity index is 2.44. The third kappa shape index (κ3) is 2.06. The molecule has 3 aromatic rings. The monoisotopic (exact) mass is 359 g/mol. The minimum Gasteiger partial charge on any atom is -0.369 e. The first-order valence-electron chi connectivity index (χ1n) is 5.67. The standard InChI is InChI=1S/C13H6BrF4N3/c14-5-1-2-9-8(3-5)20-13(19)21(9)12-10(17)6(15)4-7(16)11(12)18/h1-4H,(H2,19,20). The second-order valence-corrected chi connectivity index (χ2v) is 5.17. The predicted molar refractivity (Wildman–Crippen MR) is 73.0 cm³/mol. The van der Waals surface area contributed by atoms with Gasteiger partial charge in [0.1, 0.15) is 5.69 Å². The molecule has 3 nitrogen and oxygen atoms in total. The van der Waals surface area contributed by atoms with Gasteiger partial charge in [0.2, 0.25) is 5.95 Å². The van der Waals surface area contributed by atoms with Gasteiger partial charge >= 0.3 is 0 Å². The van der Waals surface area contributed by atoms with E-state index in [1.807, 2.05) is 0 Å². The molecule has 1 heterocycles. The van der Waals surface area contributed by atoms with Crippen molar-refractivity contribution in [2.24, 2.45) is 0 Å². The minimum absolute atomic E-state index is 0.139. The lowest BCUT2D eigenvalue weighted by atomic mass is 10.2. The van der Waals surface area contributed by atoms with Gasteiger partial charge in [0.25, 0.3) is 0 Å². The van der Waals surface area contributed by atoms with Crippen LogP contribution in [0.2, 0.25) is 0 Å². The molecule has 2 N–H and O–H groups in total. The summed E-state index contributed by atoms with van der Waals surface area (Å²) in [6.07, 6.45) is 0. The molecule has 8 heteroatoms. The lowest BCUT2D eigenvalue weighted by Gasteiger charge is -2.10. The van der Waals surface area contributed by atoms with Crippen molar-refractivity contribution < 1.29 is 17.6 Å². The van der Waals surface area contributed by atoms with Gasteiger partial charge in [0.15, 0.2) is 23.3 Å². The number of hydrogen-bond donors (Lipinski definition) is 1. The molecule has 0 bridgehead atoms. The molecule has 0 amide bonds. The van der Waals surface area contributed by atoms with E-state index in [9.17, 15) is 17.6 Å².